The van der Waals surface area contributed by atoms with Crippen LogP contribution in [0.5, 0.6) is 5.75 Å². The maximum Gasteiger partial charge on any atom is 0.276 e. The van der Waals surface area contributed by atoms with Crippen molar-refractivity contribution >= 4 is 63.1 Å². The van der Waals surface area contributed by atoms with Gasteiger partial charge < -0.3 is 20.2 Å². The summed E-state index contributed by atoms with van der Waals surface area (Å²) in [6.45, 7) is 13.5. The van der Waals surface area contributed by atoms with E-state index in [1.54, 1.807) is 24.1 Å². The summed E-state index contributed by atoms with van der Waals surface area (Å²) in [6.07, 6.45) is 4.76. The summed E-state index contributed by atoms with van der Waals surface area (Å²) in [5.41, 5.74) is -0.699. The molecule has 0 aliphatic carbocycles. The maximum absolute atomic E-state index is 15.5. The Hall–Kier alpha value is -4.11. The van der Waals surface area contributed by atoms with Gasteiger partial charge in [-0.25, -0.2) is 13.8 Å². The van der Waals surface area contributed by atoms with Crippen molar-refractivity contribution in [3.8, 4) is 23.1 Å². The van der Waals surface area contributed by atoms with E-state index in [0.29, 0.717) is 11.3 Å². The van der Waals surface area contributed by atoms with Gasteiger partial charge in [-0.3, -0.25) is 14.2 Å². The van der Waals surface area contributed by atoms with Crippen LogP contribution in [0.3, 0.4) is 0 Å². The number of amides is 1. The monoisotopic (exact) mass is 702 g/mol. The van der Waals surface area contributed by atoms with Gasteiger partial charge in [0.25, 0.3) is 5.56 Å². The molecule has 4 heterocycles. The number of piperazine rings is 1. The Morgan fingerprint density at radius 2 is 1.83 bits per heavy atom. The van der Waals surface area contributed by atoms with E-state index in [1.165, 1.54) is 16.7 Å². The molecule has 5 rings (SSSR count). The van der Waals surface area contributed by atoms with Gasteiger partial charge in [0.1, 0.15) is 33.1 Å². The standard InChI is InChI=1S/C33H31Cl3F2N6O3/c1-7-21(45)43-16(5)12-42(13-17(43)6)30-18-10-20(34)28(22-25(37)26(38)23(35)24(36)31(22)46)41-32(18)44(33(47)19(30)11-39)29-15(4)8-9-40-27(29)14(2)3/h7-10,14,16-17,27,40,46H,1,12-13H2,2-6H3/t16-,17+,27-/m1/s1. The molecule has 2 aliphatic rings. The predicted molar refractivity (Wildman–Crippen MR) is 181 cm³/mol. The smallest absolute Gasteiger partial charge is 0.276 e. The van der Waals surface area contributed by atoms with Crippen molar-refractivity contribution in [2.75, 3.05) is 18.0 Å². The van der Waals surface area contributed by atoms with E-state index in [4.69, 9.17) is 34.8 Å². The van der Waals surface area contributed by atoms with E-state index >= 15 is 4.39 Å². The molecule has 1 fully saturated rings. The number of anilines is 1. The van der Waals surface area contributed by atoms with Crippen LogP contribution in [-0.4, -0.2) is 56.7 Å². The number of nitrogens with one attached hydrogen (secondary N) is 1. The predicted octanol–water partition coefficient (Wildman–Crippen LogP) is 6.86. The zero-order valence-electron chi connectivity index (χ0n) is 26.1. The normalized spacial score (nSPS) is 19.7. The molecule has 3 atom stereocenters. The molecule has 9 nitrogen and oxygen atoms in total. The van der Waals surface area contributed by atoms with Crippen molar-refractivity contribution in [3.63, 3.8) is 0 Å². The minimum absolute atomic E-state index is 0.0318. The highest BCUT2D eigenvalue weighted by Crippen LogP contribution is 2.46. The van der Waals surface area contributed by atoms with Crippen molar-refractivity contribution in [1.82, 2.24) is 19.8 Å². The van der Waals surface area contributed by atoms with Crippen LogP contribution in [0.25, 0.3) is 28.0 Å². The summed E-state index contributed by atoms with van der Waals surface area (Å²) in [7, 11) is 0. The lowest BCUT2D eigenvalue weighted by atomic mass is 9.94. The van der Waals surface area contributed by atoms with E-state index in [1.807, 2.05) is 32.6 Å². The molecule has 0 unspecified atom stereocenters. The van der Waals surface area contributed by atoms with Crippen molar-refractivity contribution in [2.24, 2.45) is 5.92 Å². The molecule has 1 amide bonds. The summed E-state index contributed by atoms with van der Waals surface area (Å²) in [5.74, 6) is -4.26. The average molecular weight is 704 g/mol. The van der Waals surface area contributed by atoms with Gasteiger partial charge in [-0.2, -0.15) is 5.26 Å². The number of phenols is 1. The lowest BCUT2D eigenvalue weighted by molar-refractivity contribution is -0.130. The largest absolute Gasteiger partial charge is 0.506 e. The Morgan fingerprint density at radius 1 is 1.19 bits per heavy atom. The fourth-order valence-corrected chi connectivity index (χ4v) is 7.08. The third-order valence-electron chi connectivity index (χ3n) is 8.55. The minimum atomic E-state index is -1.54. The molecule has 0 bridgehead atoms. The molecule has 1 saturated heterocycles. The average Bonchev–Trinajstić information content (AvgIpc) is 3.02. The van der Waals surface area contributed by atoms with Crippen molar-refractivity contribution in [2.45, 2.75) is 52.7 Å². The van der Waals surface area contributed by atoms with E-state index in [9.17, 15) is 24.3 Å². The number of aromatic hydroxyl groups is 1. The third-order valence-corrected chi connectivity index (χ3v) is 9.65. The van der Waals surface area contributed by atoms with Gasteiger partial charge in [-0.15, -0.1) is 0 Å². The molecular formula is C33H31Cl3F2N6O3. The number of rotatable bonds is 5. The number of halogens is 5. The van der Waals surface area contributed by atoms with Gasteiger partial charge in [0.15, 0.2) is 11.6 Å². The summed E-state index contributed by atoms with van der Waals surface area (Å²) >= 11 is 18.6. The number of nitriles is 1. The van der Waals surface area contributed by atoms with Crippen LogP contribution in [0.1, 0.15) is 40.2 Å². The number of allylic oxidation sites excluding steroid dienone is 2. The van der Waals surface area contributed by atoms with E-state index in [2.05, 4.69) is 22.9 Å². The van der Waals surface area contributed by atoms with Crippen LogP contribution in [0.2, 0.25) is 15.1 Å². The molecule has 0 radical (unpaired) electrons. The van der Waals surface area contributed by atoms with Gasteiger partial charge in [0, 0.05) is 30.6 Å². The maximum atomic E-state index is 15.5. The number of fused-ring (bicyclic) bond motifs is 1. The topological polar surface area (TPSA) is 114 Å². The molecule has 0 saturated carbocycles. The van der Waals surface area contributed by atoms with Crippen molar-refractivity contribution < 1.29 is 18.7 Å². The third kappa shape index (κ3) is 5.52. The zero-order valence-corrected chi connectivity index (χ0v) is 28.4. The Bertz CT molecular complexity index is 1980. The van der Waals surface area contributed by atoms with Crippen LogP contribution in [0, 0.1) is 28.9 Å². The Balaban J connectivity index is 1.92. The molecule has 3 aromatic rings. The molecule has 47 heavy (non-hydrogen) atoms. The molecule has 1 aromatic carbocycles. The second kappa shape index (κ2) is 12.8. The number of benzene rings is 1. The van der Waals surface area contributed by atoms with Gasteiger partial charge in [0.2, 0.25) is 5.91 Å². The first-order chi connectivity index (χ1) is 22.2. The second-order valence-electron chi connectivity index (χ2n) is 12.0. The first-order valence-corrected chi connectivity index (χ1v) is 15.9. The first kappa shape index (κ1) is 34.2. The molecule has 2 aliphatic heterocycles. The Morgan fingerprint density at radius 3 is 2.40 bits per heavy atom. The van der Waals surface area contributed by atoms with Crippen LogP contribution < -0.4 is 15.8 Å². The fraction of sp³-hybridized carbons (Fsp3) is 0.333. The van der Waals surface area contributed by atoms with Gasteiger partial charge in [-0.1, -0.05) is 55.2 Å². The minimum Gasteiger partial charge on any atom is -0.506 e. The van der Waals surface area contributed by atoms with Crippen molar-refractivity contribution in [1.29, 1.82) is 5.26 Å². The Kier molecular flexibility index (Phi) is 9.34. The molecule has 14 heteroatoms. The summed E-state index contributed by atoms with van der Waals surface area (Å²) in [4.78, 5) is 35.3. The van der Waals surface area contributed by atoms with E-state index in [-0.39, 0.29) is 64.3 Å². The number of dihydropyridines is 1. The zero-order chi connectivity index (χ0) is 34.6. The van der Waals surface area contributed by atoms with Crippen LogP contribution in [0.4, 0.5) is 14.5 Å². The summed E-state index contributed by atoms with van der Waals surface area (Å²) in [5, 5.41) is 23.2. The number of carbonyl (C=O) groups excluding carboxylic acids is 1. The Labute approximate surface area is 284 Å². The molecule has 2 aromatic heterocycles. The number of hydrogen-bond donors (Lipinski definition) is 2. The number of hydrogen-bond acceptors (Lipinski definition) is 7. The lowest BCUT2D eigenvalue weighted by Crippen LogP contribution is -2.58. The summed E-state index contributed by atoms with van der Waals surface area (Å²) in [6, 6.07) is 2.38. The fourth-order valence-electron chi connectivity index (χ4n) is 6.49. The van der Waals surface area contributed by atoms with Gasteiger partial charge in [0.05, 0.1) is 33.7 Å². The van der Waals surface area contributed by atoms with Crippen LogP contribution in [0.15, 0.2) is 41.4 Å². The highest BCUT2D eigenvalue weighted by molar-refractivity contribution is 6.43. The second-order valence-corrected chi connectivity index (χ2v) is 13.2. The van der Waals surface area contributed by atoms with Gasteiger partial charge >= 0.3 is 0 Å². The SMILES string of the molecule is C=CC(=O)N1[C@H](C)CN(c2c(C#N)c(=O)n(C3=C(C)C=CN[C@@H]3C(C)C)c3nc(-c4c(O)c(Cl)c(Cl)c(F)c4F)c(Cl)cc23)C[C@@H]1C. The quantitative estimate of drug-likeness (QED) is 0.170. The lowest BCUT2D eigenvalue weighted by Gasteiger charge is -2.45. The number of carbonyl (C=O) groups is 1. The highest BCUT2D eigenvalue weighted by Gasteiger charge is 2.37. The molecule has 246 valence electrons. The summed E-state index contributed by atoms with van der Waals surface area (Å²) < 4.78 is 31.6. The molecular weight excluding hydrogens is 673 g/mol. The molecule has 0 spiro atoms. The van der Waals surface area contributed by atoms with Crippen LogP contribution in [-0.2, 0) is 4.79 Å². The van der Waals surface area contributed by atoms with Crippen molar-refractivity contribution in [3.05, 3.63) is 79.2 Å². The number of pyridine rings is 2. The number of nitrogens with zero attached hydrogens (tertiary/aromatic N) is 5. The molecule has 2 N–H and O–H groups in total. The first-order valence-electron chi connectivity index (χ1n) is 14.7. The van der Waals surface area contributed by atoms with Crippen LogP contribution >= 0.6 is 34.8 Å². The number of phenolic OH excluding ortho intramolecular Hbond substituents is 1. The van der Waals surface area contributed by atoms with Gasteiger partial charge in [-0.05, 0) is 56.7 Å². The van der Waals surface area contributed by atoms with E-state index < -0.39 is 50.3 Å². The number of aromatic nitrogens is 2. The highest BCUT2D eigenvalue weighted by atomic mass is 35.5. The van der Waals surface area contributed by atoms with E-state index in [0.717, 1.165) is 0 Å².